The number of hydrogen-bond acceptors (Lipinski definition) is 3. The van der Waals surface area contributed by atoms with Gasteiger partial charge in [-0.25, -0.2) is 0 Å². The lowest BCUT2D eigenvalue weighted by Crippen LogP contribution is -2.44. The van der Waals surface area contributed by atoms with Gasteiger partial charge in [0, 0.05) is 19.5 Å². The fourth-order valence-corrected chi connectivity index (χ4v) is 3.30. The van der Waals surface area contributed by atoms with Crippen LogP contribution in [-0.2, 0) is 4.79 Å². The summed E-state index contributed by atoms with van der Waals surface area (Å²) in [5, 5.41) is 0. The maximum atomic E-state index is 12.3. The Hall–Kier alpha value is -0.290. The maximum Gasteiger partial charge on any atom is 0.238 e. The van der Waals surface area contributed by atoms with Crippen LogP contribution >= 0.6 is 24.0 Å². The molecule has 1 aliphatic heterocycles. The van der Waals surface area contributed by atoms with E-state index in [0.29, 0.717) is 18.0 Å². The molecule has 0 bridgehead atoms. The fourth-order valence-electron chi connectivity index (χ4n) is 1.93. The summed E-state index contributed by atoms with van der Waals surface area (Å²) in [5.74, 6) is 1.34. The molecule has 0 aliphatic carbocycles. The number of thiocarbonyl (C=S) groups is 1. The summed E-state index contributed by atoms with van der Waals surface area (Å²) in [7, 11) is 0. The van der Waals surface area contributed by atoms with Gasteiger partial charge in [0.1, 0.15) is 0 Å². The Morgan fingerprint density at radius 2 is 2.31 bits per heavy atom. The van der Waals surface area contributed by atoms with Gasteiger partial charge in [-0.2, -0.15) is 0 Å². The van der Waals surface area contributed by atoms with Crippen LogP contribution in [0.25, 0.3) is 0 Å². The van der Waals surface area contributed by atoms with Gasteiger partial charge >= 0.3 is 0 Å². The average Bonchev–Trinajstić information content (AvgIpc) is 2.66. The molecule has 1 saturated heterocycles. The van der Waals surface area contributed by atoms with Crippen LogP contribution in [0.5, 0.6) is 0 Å². The molecule has 1 fully saturated rings. The molecule has 3 nitrogen and oxygen atoms in total. The number of hydrogen-bond donors (Lipinski definition) is 1. The quantitative estimate of drug-likeness (QED) is 0.766. The van der Waals surface area contributed by atoms with Crippen molar-refractivity contribution in [1.29, 1.82) is 0 Å². The van der Waals surface area contributed by atoms with E-state index in [1.165, 1.54) is 0 Å². The largest absolute Gasteiger partial charge is 0.393 e. The summed E-state index contributed by atoms with van der Waals surface area (Å²) in [6.07, 6.45) is 2.75. The van der Waals surface area contributed by atoms with Crippen LogP contribution in [0, 0.1) is 0 Å². The highest BCUT2D eigenvalue weighted by molar-refractivity contribution is 8.01. The molecule has 1 amide bonds. The molecule has 2 N–H and O–H groups in total. The number of carbonyl (C=O) groups is 1. The van der Waals surface area contributed by atoms with E-state index in [0.717, 1.165) is 25.1 Å². The van der Waals surface area contributed by atoms with Crippen molar-refractivity contribution in [3.8, 4) is 0 Å². The smallest absolute Gasteiger partial charge is 0.238 e. The van der Waals surface area contributed by atoms with Crippen molar-refractivity contribution in [2.75, 3.05) is 18.8 Å². The van der Waals surface area contributed by atoms with Crippen LogP contribution in [0.4, 0.5) is 0 Å². The van der Waals surface area contributed by atoms with Crippen LogP contribution in [0.2, 0.25) is 0 Å². The second-order valence-corrected chi connectivity index (χ2v) is 6.41. The Labute approximate surface area is 107 Å². The van der Waals surface area contributed by atoms with Gasteiger partial charge in [-0.3, -0.25) is 4.79 Å². The van der Waals surface area contributed by atoms with Gasteiger partial charge in [0.25, 0.3) is 0 Å². The number of nitrogens with two attached hydrogens (primary N) is 1. The van der Waals surface area contributed by atoms with E-state index in [4.69, 9.17) is 18.0 Å². The number of rotatable bonds is 5. The maximum absolute atomic E-state index is 12.3. The third-order valence-corrected chi connectivity index (χ3v) is 4.68. The summed E-state index contributed by atoms with van der Waals surface area (Å²) in [6, 6.07) is 0. The van der Waals surface area contributed by atoms with E-state index in [1.54, 1.807) is 11.8 Å². The SMILES string of the molecule is CCN(CCC(N)=S)C(=O)C1(C)CCCS1. The highest BCUT2D eigenvalue weighted by Gasteiger charge is 2.39. The lowest BCUT2D eigenvalue weighted by atomic mass is 10.0. The zero-order valence-corrected chi connectivity index (χ0v) is 11.6. The topological polar surface area (TPSA) is 46.3 Å². The minimum absolute atomic E-state index is 0.216. The zero-order valence-electron chi connectivity index (χ0n) is 9.99. The van der Waals surface area contributed by atoms with Gasteiger partial charge in [0.05, 0.1) is 9.74 Å². The number of nitrogens with zero attached hydrogens (tertiary/aromatic N) is 1. The first kappa shape index (κ1) is 13.8. The van der Waals surface area contributed by atoms with Gasteiger partial charge in [0.2, 0.25) is 5.91 Å². The Bertz CT molecular complexity index is 275. The van der Waals surface area contributed by atoms with Crippen molar-refractivity contribution >= 4 is 34.9 Å². The summed E-state index contributed by atoms with van der Waals surface area (Å²) in [6.45, 7) is 5.44. The fraction of sp³-hybridized carbons (Fsp3) is 0.818. The third kappa shape index (κ3) is 3.35. The van der Waals surface area contributed by atoms with Gasteiger partial charge in [-0.1, -0.05) is 12.2 Å². The molecule has 0 aromatic heterocycles. The standard InChI is InChI=1S/C11H20N2OS2/c1-3-13(7-5-9(12)15)10(14)11(2)6-4-8-16-11/h3-8H2,1-2H3,(H2,12,15). The molecule has 1 rings (SSSR count). The molecule has 16 heavy (non-hydrogen) atoms. The minimum Gasteiger partial charge on any atom is -0.393 e. The zero-order chi connectivity index (χ0) is 12.2. The first-order chi connectivity index (χ1) is 7.49. The van der Waals surface area contributed by atoms with Crippen molar-refractivity contribution in [1.82, 2.24) is 4.90 Å². The van der Waals surface area contributed by atoms with Gasteiger partial charge < -0.3 is 10.6 Å². The summed E-state index contributed by atoms with van der Waals surface area (Å²) in [5.41, 5.74) is 5.47. The minimum atomic E-state index is -0.216. The third-order valence-electron chi connectivity index (χ3n) is 2.97. The van der Waals surface area contributed by atoms with Crippen LogP contribution in [-0.4, -0.2) is 39.4 Å². The van der Waals surface area contributed by atoms with E-state index in [-0.39, 0.29) is 10.7 Å². The molecule has 0 radical (unpaired) electrons. The second-order valence-electron chi connectivity index (χ2n) is 4.28. The van der Waals surface area contributed by atoms with Crippen molar-refractivity contribution in [3.05, 3.63) is 0 Å². The molecule has 1 unspecified atom stereocenters. The van der Waals surface area contributed by atoms with E-state index in [9.17, 15) is 4.79 Å². The van der Waals surface area contributed by atoms with E-state index in [1.807, 2.05) is 11.8 Å². The molecule has 1 atom stereocenters. The molecule has 1 heterocycles. The Morgan fingerprint density at radius 3 is 2.75 bits per heavy atom. The van der Waals surface area contributed by atoms with Gasteiger partial charge in [0.15, 0.2) is 0 Å². The Balaban J connectivity index is 2.58. The van der Waals surface area contributed by atoms with E-state index < -0.39 is 0 Å². The number of thioether (sulfide) groups is 1. The lowest BCUT2D eigenvalue weighted by molar-refractivity contribution is -0.133. The Kier molecular flexibility index (Phi) is 5.05. The first-order valence-corrected chi connectivity index (χ1v) is 7.10. The highest BCUT2D eigenvalue weighted by atomic mass is 32.2. The predicted molar refractivity (Wildman–Crippen MR) is 73.8 cm³/mol. The normalized spacial score (nSPS) is 24.4. The molecular weight excluding hydrogens is 240 g/mol. The Morgan fingerprint density at radius 1 is 1.62 bits per heavy atom. The van der Waals surface area contributed by atoms with E-state index in [2.05, 4.69) is 6.92 Å². The van der Waals surface area contributed by atoms with Crippen LogP contribution in [0.15, 0.2) is 0 Å². The van der Waals surface area contributed by atoms with Crippen molar-refractivity contribution in [3.63, 3.8) is 0 Å². The summed E-state index contributed by atoms with van der Waals surface area (Å²) >= 11 is 6.62. The molecule has 1 aliphatic rings. The average molecular weight is 260 g/mol. The molecule has 0 aromatic carbocycles. The van der Waals surface area contributed by atoms with E-state index >= 15 is 0 Å². The summed E-state index contributed by atoms with van der Waals surface area (Å²) in [4.78, 5) is 14.7. The van der Waals surface area contributed by atoms with Crippen molar-refractivity contribution in [2.24, 2.45) is 5.73 Å². The molecular formula is C11H20N2OS2. The van der Waals surface area contributed by atoms with Crippen molar-refractivity contribution in [2.45, 2.75) is 37.9 Å². The molecule has 92 valence electrons. The van der Waals surface area contributed by atoms with Crippen LogP contribution in [0.3, 0.4) is 0 Å². The molecule has 0 spiro atoms. The van der Waals surface area contributed by atoms with Gasteiger partial charge in [-0.15, -0.1) is 11.8 Å². The molecule has 5 heteroatoms. The number of amides is 1. The predicted octanol–water partition coefficient (Wildman–Crippen LogP) is 1.80. The monoisotopic (exact) mass is 260 g/mol. The lowest BCUT2D eigenvalue weighted by Gasteiger charge is -2.30. The molecule has 0 aromatic rings. The first-order valence-electron chi connectivity index (χ1n) is 5.71. The van der Waals surface area contributed by atoms with Crippen LogP contribution in [0.1, 0.15) is 33.1 Å². The van der Waals surface area contributed by atoms with Crippen molar-refractivity contribution < 1.29 is 4.79 Å². The van der Waals surface area contributed by atoms with Crippen LogP contribution < -0.4 is 5.73 Å². The number of carbonyl (C=O) groups excluding carboxylic acids is 1. The second kappa shape index (κ2) is 5.87. The van der Waals surface area contributed by atoms with Gasteiger partial charge in [-0.05, 0) is 32.4 Å². The molecule has 0 saturated carbocycles. The highest BCUT2D eigenvalue weighted by Crippen LogP contribution is 2.39. The summed E-state index contributed by atoms with van der Waals surface area (Å²) < 4.78 is -0.216.